The van der Waals surface area contributed by atoms with Crippen LogP contribution in [0.5, 0.6) is 5.75 Å². The van der Waals surface area contributed by atoms with E-state index in [1.807, 2.05) is 43.3 Å². The average Bonchev–Trinajstić information content (AvgIpc) is 3.42. The number of piperazine rings is 1. The predicted octanol–water partition coefficient (Wildman–Crippen LogP) is 5.30. The number of ether oxygens (including phenoxy) is 1. The molecule has 9 nitrogen and oxygen atoms in total. The van der Waals surface area contributed by atoms with Gasteiger partial charge in [0.15, 0.2) is 5.13 Å². The highest BCUT2D eigenvalue weighted by Crippen LogP contribution is 2.40. The fourth-order valence-electron chi connectivity index (χ4n) is 4.46. The number of anilines is 1. The lowest BCUT2D eigenvalue weighted by atomic mass is 10.1. The van der Waals surface area contributed by atoms with Gasteiger partial charge in [-0.3, -0.25) is 19.7 Å². The summed E-state index contributed by atoms with van der Waals surface area (Å²) in [7, 11) is 1.60. The number of hydrogen-bond donors (Lipinski definition) is 2. The number of carbonyl (C=O) groups excluding carboxylic acids is 3. The predicted molar refractivity (Wildman–Crippen MR) is 168 cm³/mol. The number of carbonyl (C=O) groups is 3. The molecule has 0 saturated carbocycles. The third-order valence-electron chi connectivity index (χ3n) is 7.51. The summed E-state index contributed by atoms with van der Waals surface area (Å²) in [4.78, 5) is 46.6. The van der Waals surface area contributed by atoms with Crippen molar-refractivity contribution in [3.63, 3.8) is 0 Å². The van der Waals surface area contributed by atoms with Gasteiger partial charge in [-0.05, 0) is 55.2 Å². The molecule has 0 aliphatic carbocycles. The molecule has 11 heteroatoms. The molecule has 1 aliphatic heterocycles. The molecule has 224 valence electrons. The number of aromatic nitrogens is 1. The Bertz CT molecular complexity index is 1420. The van der Waals surface area contributed by atoms with Crippen molar-refractivity contribution >= 4 is 46.0 Å². The number of thiazole rings is 1. The van der Waals surface area contributed by atoms with Gasteiger partial charge >= 0.3 is 0 Å². The minimum absolute atomic E-state index is 0.0270. The number of benzene rings is 2. The molecule has 3 amide bonds. The van der Waals surface area contributed by atoms with E-state index in [9.17, 15) is 14.4 Å². The molecule has 1 fully saturated rings. The maximum absolute atomic E-state index is 13.4. The quantitative estimate of drug-likeness (QED) is 0.321. The molecule has 1 unspecified atom stereocenters. The number of nitrogens with zero attached hydrogens (tertiary/aromatic N) is 3. The van der Waals surface area contributed by atoms with Crippen LogP contribution in [0.25, 0.3) is 0 Å². The molecule has 42 heavy (non-hydrogen) atoms. The minimum Gasteiger partial charge on any atom is -0.496 e. The molecule has 1 atom stereocenters. The first-order chi connectivity index (χ1) is 20.0. The van der Waals surface area contributed by atoms with Crippen LogP contribution in [-0.4, -0.2) is 71.8 Å². The number of hydrogen-bond acceptors (Lipinski definition) is 8. The standard InChI is InChI=1S/C31H39N5O4S2/c1-19(2)21(4)32-17-23-7-9-24(10-8-23)29(38)34-31-33-18-28(42-31)41-27-16-25(20(3)15-26(27)40-6)30(39)36-13-11-35(12-14-36)22(5)37/h7-10,15-16,18-19,21,32H,11-14,17H2,1-6H3,(H,33,34,38). The van der Waals surface area contributed by atoms with Crippen LogP contribution in [0.1, 0.15) is 59.5 Å². The fourth-order valence-corrected chi connectivity index (χ4v) is 6.42. The first kappa shape index (κ1) is 31.5. The van der Waals surface area contributed by atoms with Gasteiger partial charge < -0.3 is 19.9 Å². The molecule has 2 aromatic carbocycles. The SMILES string of the molecule is COc1cc(C)c(C(=O)N2CCN(C(C)=O)CC2)cc1Sc1cnc(NC(=O)c2ccc(CNC(C)C(C)C)cc2)s1. The zero-order chi connectivity index (χ0) is 30.4. The van der Waals surface area contributed by atoms with Crippen LogP contribution in [0.15, 0.2) is 51.7 Å². The summed E-state index contributed by atoms with van der Waals surface area (Å²) < 4.78 is 6.47. The Hall–Kier alpha value is -3.41. The molecule has 4 rings (SSSR count). The maximum atomic E-state index is 13.4. The lowest BCUT2D eigenvalue weighted by Gasteiger charge is -2.34. The molecule has 1 aromatic heterocycles. The summed E-state index contributed by atoms with van der Waals surface area (Å²) in [6.07, 6.45) is 1.71. The third-order valence-corrected chi connectivity index (χ3v) is 9.57. The topological polar surface area (TPSA) is 104 Å². The van der Waals surface area contributed by atoms with Crippen molar-refractivity contribution < 1.29 is 19.1 Å². The molecule has 0 bridgehead atoms. The summed E-state index contributed by atoms with van der Waals surface area (Å²) in [5.41, 5.74) is 3.11. The Morgan fingerprint density at radius 1 is 1.05 bits per heavy atom. The van der Waals surface area contributed by atoms with E-state index in [2.05, 4.69) is 36.4 Å². The van der Waals surface area contributed by atoms with Crippen molar-refractivity contribution in [1.82, 2.24) is 20.1 Å². The zero-order valence-corrected chi connectivity index (χ0v) is 26.7. The highest BCUT2D eigenvalue weighted by atomic mass is 32.2. The number of aryl methyl sites for hydroxylation is 1. The fraction of sp³-hybridized carbons (Fsp3) is 0.419. The number of rotatable bonds is 10. The number of methoxy groups -OCH3 is 1. The highest BCUT2D eigenvalue weighted by Gasteiger charge is 2.25. The average molecular weight is 610 g/mol. The van der Waals surface area contributed by atoms with Gasteiger partial charge in [0, 0.05) is 56.8 Å². The molecule has 2 heterocycles. The van der Waals surface area contributed by atoms with Crippen molar-refractivity contribution in [2.75, 3.05) is 38.6 Å². The first-order valence-corrected chi connectivity index (χ1v) is 15.7. The van der Waals surface area contributed by atoms with Gasteiger partial charge in [-0.1, -0.05) is 49.1 Å². The molecule has 1 aliphatic rings. The monoisotopic (exact) mass is 609 g/mol. The smallest absolute Gasteiger partial charge is 0.257 e. The summed E-state index contributed by atoms with van der Waals surface area (Å²) in [5.74, 6) is 0.954. The molecule has 0 radical (unpaired) electrons. The van der Waals surface area contributed by atoms with Gasteiger partial charge in [-0.15, -0.1) is 0 Å². The second-order valence-corrected chi connectivity index (χ2v) is 13.1. The van der Waals surface area contributed by atoms with E-state index in [0.29, 0.717) is 60.1 Å². The lowest BCUT2D eigenvalue weighted by Crippen LogP contribution is -2.50. The summed E-state index contributed by atoms with van der Waals surface area (Å²) in [6.45, 7) is 12.8. The van der Waals surface area contributed by atoms with Crippen molar-refractivity contribution in [1.29, 1.82) is 0 Å². The zero-order valence-electron chi connectivity index (χ0n) is 25.0. The van der Waals surface area contributed by atoms with Gasteiger partial charge in [-0.2, -0.15) is 0 Å². The van der Waals surface area contributed by atoms with Crippen LogP contribution in [0.2, 0.25) is 0 Å². The Kier molecular flexibility index (Phi) is 10.6. The van der Waals surface area contributed by atoms with Crippen LogP contribution < -0.4 is 15.4 Å². The van der Waals surface area contributed by atoms with Crippen molar-refractivity contribution in [3.8, 4) is 5.75 Å². The van der Waals surface area contributed by atoms with Crippen LogP contribution >= 0.6 is 23.1 Å². The molecule has 2 N–H and O–H groups in total. The van der Waals surface area contributed by atoms with E-state index in [-0.39, 0.29) is 17.7 Å². The van der Waals surface area contributed by atoms with Gasteiger partial charge in [0.2, 0.25) is 5.91 Å². The van der Waals surface area contributed by atoms with E-state index in [1.165, 1.54) is 23.1 Å². The Morgan fingerprint density at radius 2 is 1.71 bits per heavy atom. The summed E-state index contributed by atoms with van der Waals surface area (Å²) in [5, 5.41) is 6.88. The number of amides is 3. The molecule has 0 spiro atoms. The van der Waals surface area contributed by atoms with Gasteiger partial charge in [0.05, 0.1) is 22.4 Å². The second-order valence-electron chi connectivity index (χ2n) is 10.8. The Morgan fingerprint density at radius 3 is 2.33 bits per heavy atom. The molecular formula is C31H39N5O4S2. The van der Waals surface area contributed by atoms with Crippen LogP contribution in [0.3, 0.4) is 0 Å². The van der Waals surface area contributed by atoms with E-state index < -0.39 is 0 Å². The van der Waals surface area contributed by atoms with Crippen molar-refractivity contribution in [2.24, 2.45) is 5.92 Å². The van der Waals surface area contributed by atoms with Gasteiger partial charge in [0.1, 0.15) is 5.75 Å². The summed E-state index contributed by atoms with van der Waals surface area (Å²) >= 11 is 2.79. The van der Waals surface area contributed by atoms with Gasteiger partial charge in [-0.25, -0.2) is 4.98 Å². The maximum Gasteiger partial charge on any atom is 0.257 e. The minimum atomic E-state index is -0.221. The largest absolute Gasteiger partial charge is 0.496 e. The molecule has 3 aromatic rings. The van der Waals surface area contributed by atoms with Crippen LogP contribution in [0, 0.1) is 12.8 Å². The van der Waals surface area contributed by atoms with Crippen molar-refractivity contribution in [3.05, 3.63) is 64.8 Å². The first-order valence-electron chi connectivity index (χ1n) is 14.1. The second kappa shape index (κ2) is 14.2. The van der Waals surface area contributed by atoms with E-state index >= 15 is 0 Å². The van der Waals surface area contributed by atoms with E-state index in [1.54, 1.807) is 30.0 Å². The highest BCUT2D eigenvalue weighted by molar-refractivity contribution is 8.01. The van der Waals surface area contributed by atoms with E-state index in [0.717, 1.165) is 26.8 Å². The normalized spacial score (nSPS) is 14.2. The van der Waals surface area contributed by atoms with Crippen LogP contribution in [0.4, 0.5) is 5.13 Å². The molecule has 1 saturated heterocycles. The lowest BCUT2D eigenvalue weighted by molar-refractivity contribution is -0.130. The van der Waals surface area contributed by atoms with E-state index in [4.69, 9.17) is 4.74 Å². The van der Waals surface area contributed by atoms with Gasteiger partial charge in [0.25, 0.3) is 11.8 Å². The van der Waals surface area contributed by atoms with Crippen LogP contribution in [-0.2, 0) is 11.3 Å². The third kappa shape index (κ3) is 7.90. The van der Waals surface area contributed by atoms with Crippen molar-refractivity contribution in [2.45, 2.75) is 56.3 Å². The Balaban J connectivity index is 1.40. The number of nitrogens with one attached hydrogen (secondary N) is 2. The molecular weight excluding hydrogens is 571 g/mol. The Labute approximate surface area is 256 Å². The summed E-state index contributed by atoms with van der Waals surface area (Å²) in [6, 6.07) is 11.7.